The summed E-state index contributed by atoms with van der Waals surface area (Å²) in [6.07, 6.45) is 11.3. The lowest BCUT2D eigenvalue weighted by atomic mass is 9.91. The zero-order chi connectivity index (χ0) is 12.1. The molecule has 0 aromatic heterocycles. The van der Waals surface area contributed by atoms with Crippen LogP contribution in [0, 0.1) is 5.92 Å². The van der Waals surface area contributed by atoms with E-state index in [1.54, 1.807) is 0 Å². The quantitative estimate of drug-likeness (QED) is 0.805. The molecule has 1 heterocycles. The molecule has 0 unspecified atom stereocenters. The first kappa shape index (κ1) is 12.9. The van der Waals surface area contributed by atoms with E-state index in [9.17, 15) is 4.79 Å². The third-order valence-corrected chi connectivity index (χ3v) is 4.47. The molecule has 1 saturated carbocycles. The van der Waals surface area contributed by atoms with Crippen molar-refractivity contribution in [3.05, 3.63) is 0 Å². The Balaban J connectivity index is 1.80. The summed E-state index contributed by atoms with van der Waals surface area (Å²) in [5.41, 5.74) is 0. The van der Waals surface area contributed by atoms with Crippen LogP contribution in [0.2, 0.25) is 0 Å². The molecule has 0 aromatic carbocycles. The highest BCUT2D eigenvalue weighted by Gasteiger charge is 2.28. The maximum atomic E-state index is 10.9. The lowest BCUT2D eigenvalue weighted by Crippen LogP contribution is -2.43. The number of rotatable bonds is 2. The van der Waals surface area contributed by atoms with Gasteiger partial charge < -0.3 is 10.0 Å². The Morgan fingerprint density at radius 3 is 1.94 bits per heavy atom. The van der Waals surface area contributed by atoms with E-state index in [-0.39, 0.29) is 5.92 Å². The number of carboxylic acid groups (broad SMARTS) is 1. The van der Waals surface area contributed by atoms with E-state index in [1.807, 2.05) is 0 Å². The van der Waals surface area contributed by atoms with Gasteiger partial charge in [-0.2, -0.15) is 0 Å². The van der Waals surface area contributed by atoms with Crippen molar-refractivity contribution in [2.24, 2.45) is 5.92 Å². The summed E-state index contributed by atoms with van der Waals surface area (Å²) in [6.45, 7) is 2.00. The maximum absolute atomic E-state index is 10.9. The molecule has 0 aromatic rings. The average Bonchev–Trinajstić information content (AvgIpc) is 2.29. The van der Waals surface area contributed by atoms with Crippen LogP contribution in [0.4, 0.5) is 0 Å². The lowest BCUT2D eigenvalue weighted by Gasteiger charge is -2.37. The minimum atomic E-state index is -0.595. The maximum Gasteiger partial charge on any atom is 0.306 e. The Labute approximate surface area is 104 Å². The highest BCUT2D eigenvalue weighted by molar-refractivity contribution is 5.70. The predicted octanol–water partition coefficient (Wildman–Crippen LogP) is 2.90. The van der Waals surface area contributed by atoms with Crippen LogP contribution in [0.15, 0.2) is 0 Å². The van der Waals surface area contributed by atoms with Gasteiger partial charge in [-0.25, -0.2) is 0 Å². The fourth-order valence-electron chi connectivity index (χ4n) is 3.31. The molecule has 98 valence electrons. The van der Waals surface area contributed by atoms with Crippen molar-refractivity contribution < 1.29 is 9.90 Å². The van der Waals surface area contributed by atoms with Crippen molar-refractivity contribution >= 4 is 5.97 Å². The first-order valence-electron chi connectivity index (χ1n) is 7.24. The SMILES string of the molecule is O=C(O)C1CCN(C2CCCCCCC2)CC1. The summed E-state index contributed by atoms with van der Waals surface area (Å²) in [4.78, 5) is 13.5. The molecule has 1 N–H and O–H groups in total. The summed E-state index contributed by atoms with van der Waals surface area (Å²) in [6, 6.07) is 0.741. The van der Waals surface area contributed by atoms with Gasteiger partial charge in [0.1, 0.15) is 0 Å². The van der Waals surface area contributed by atoms with E-state index in [2.05, 4.69) is 4.90 Å². The Morgan fingerprint density at radius 1 is 0.882 bits per heavy atom. The largest absolute Gasteiger partial charge is 0.481 e. The molecule has 3 heteroatoms. The standard InChI is InChI=1S/C14H25NO2/c16-14(17)12-8-10-15(11-9-12)13-6-4-2-1-3-5-7-13/h12-13H,1-11H2,(H,16,17). The minimum absolute atomic E-state index is 0.0835. The van der Waals surface area contributed by atoms with Gasteiger partial charge in [-0.3, -0.25) is 4.79 Å². The zero-order valence-electron chi connectivity index (χ0n) is 10.7. The van der Waals surface area contributed by atoms with Gasteiger partial charge in [0.25, 0.3) is 0 Å². The molecule has 2 rings (SSSR count). The number of carboxylic acids is 1. The first-order chi connectivity index (χ1) is 8.27. The minimum Gasteiger partial charge on any atom is -0.481 e. The van der Waals surface area contributed by atoms with Crippen LogP contribution in [0.5, 0.6) is 0 Å². The molecular formula is C14H25NO2. The third kappa shape index (κ3) is 3.70. The second kappa shape index (κ2) is 6.39. The highest BCUT2D eigenvalue weighted by atomic mass is 16.4. The number of hydrogen-bond donors (Lipinski definition) is 1. The fraction of sp³-hybridized carbons (Fsp3) is 0.929. The van der Waals surface area contributed by atoms with Crippen LogP contribution in [-0.2, 0) is 4.79 Å². The summed E-state index contributed by atoms with van der Waals surface area (Å²) in [5.74, 6) is -0.679. The predicted molar refractivity (Wildman–Crippen MR) is 68.0 cm³/mol. The van der Waals surface area contributed by atoms with E-state index < -0.39 is 5.97 Å². The summed E-state index contributed by atoms with van der Waals surface area (Å²) < 4.78 is 0. The summed E-state index contributed by atoms with van der Waals surface area (Å²) in [7, 11) is 0. The molecule has 17 heavy (non-hydrogen) atoms. The van der Waals surface area contributed by atoms with Crippen LogP contribution in [0.25, 0.3) is 0 Å². The van der Waals surface area contributed by atoms with E-state index in [0.717, 1.165) is 32.0 Å². The van der Waals surface area contributed by atoms with E-state index in [4.69, 9.17) is 5.11 Å². The molecule has 0 bridgehead atoms. The number of piperidine rings is 1. The molecular weight excluding hydrogens is 214 g/mol. The van der Waals surface area contributed by atoms with Gasteiger partial charge in [-0.1, -0.05) is 32.1 Å². The van der Waals surface area contributed by atoms with Crippen molar-refractivity contribution in [3.63, 3.8) is 0 Å². The lowest BCUT2D eigenvalue weighted by molar-refractivity contribution is -0.143. The zero-order valence-corrected chi connectivity index (χ0v) is 10.7. The van der Waals surface area contributed by atoms with Crippen LogP contribution >= 0.6 is 0 Å². The molecule has 0 atom stereocenters. The van der Waals surface area contributed by atoms with Crippen molar-refractivity contribution in [2.45, 2.75) is 63.8 Å². The smallest absolute Gasteiger partial charge is 0.306 e. The van der Waals surface area contributed by atoms with Gasteiger partial charge >= 0.3 is 5.97 Å². The van der Waals surface area contributed by atoms with Gasteiger partial charge in [0.15, 0.2) is 0 Å². The van der Waals surface area contributed by atoms with Crippen molar-refractivity contribution in [1.29, 1.82) is 0 Å². The first-order valence-corrected chi connectivity index (χ1v) is 7.24. The number of aliphatic carboxylic acids is 1. The second-order valence-corrected chi connectivity index (χ2v) is 5.65. The van der Waals surface area contributed by atoms with Gasteiger partial charge in [-0.05, 0) is 38.8 Å². The molecule has 3 nitrogen and oxygen atoms in total. The van der Waals surface area contributed by atoms with E-state index in [0.29, 0.717) is 0 Å². The van der Waals surface area contributed by atoms with Crippen LogP contribution in [-0.4, -0.2) is 35.1 Å². The van der Waals surface area contributed by atoms with Gasteiger partial charge in [0.2, 0.25) is 0 Å². The Bertz CT molecular complexity index is 239. The normalized spacial score (nSPS) is 26.4. The summed E-state index contributed by atoms with van der Waals surface area (Å²) in [5, 5.41) is 9.00. The van der Waals surface area contributed by atoms with E-state index >= 15 is 0 Å². The highest BCUT2D eigenvalue weighted by Crippen LogP contribution is 2.26. The molecule has 2 fully saturated rings. The number of likely N-dealkylation sites (tertiary alicyclic amines) is 1. The van der Waals surface area contributed by atoms with E-state index in [1.165, 1.54) is 44.9 Å². The number of nitrogens with zero attached hydrogens (tertiary/aromatic N) is 1. The number of hydrogen-bond acceptors (Lipinski definition) is 2. The molecule has 1 aliphatic heterocycles. The van der Waals surface area contributed by atoms with Crippen molar-refractivity contribution in [3.8, 4) is 0 Å². The van der Waals surface area contributed by atoms with Crippen molar-refractivity contribution in [1.82, 2.24) is 4.90 Å². The second-order valence-electron chi connectivity index (χ2n) is 5.65. The van der Waals surface area contributed by atoms with Gasteiger partial charge in [0, 0.05) is 6.04 Å². The molecule has 0 amide bonds. The Kier molecular flexibility index (Phi) is 4.84. The van der Waals surface area contributed by atoms with Crippen LogP contribution in [0.1, 0.15) is 57.8 Å². The van der Waals surface area contributed by atoms with Crippen molar-refractivity contribution in [2.75, 3.05) is 13.1 Å². The molecule has 0 spiro atoms. The fourth-order valence-corrected chi connectivity index (χ4v) is 3.31. The Morgan fingerprint density at radius 2 is 1.41 bits per heavy atom. The third-order valence-electron chi connectivity index (χ3n) is 4.47. The van der Waals surface area contributed by atoms with Gasteiger partial charge in [0.05, 0.1) is 5.92 Å². The van der Waals surface area contributed by atoms with Crippen LogP contribution < -0.4 is 0 Å². The average molecular weight is 239 g/mol. The Hall–Kier alpha value is -0.570. The molecule has 0 radical (unpaired) electrons. The monoisotopic (exact) mass is 239 g/mol. The molecule has 1 aliphatic carbocycles. The number of carbonyl (C=O) groups is 1. The molecule has 1 saturated heterocycles. The van der Waals surface area contributed by atoms with Crippen LogP contribution in [0.3, 0.4) is 0 Å². The van der Waals surface area contributed by atoms with Gasteiger partial charge in [-0.15, -0.1) is 0 Å². The topological polar surface area (TPSA) is 40.5 Å². The molecule has 2 aliphatic rings. The summed E-state index contributed by atoms with van der Waals surface area (Å²) >= 11 is 0.